The summed E-state index contributed by atoms with van der Waals surface area (Å²) in [5.41, 5.74) is 6.17. The monoisotopic (exact) mass is 422 g/mol. The molecule has 0 aliphatic carbocycles. The summed E-state index contributed by atoms with van der Waals surface area (Å²) < 4.78 is 20.9. The van der Waals surface area contributed by atoms with Crippen LogP contribution in [0.15, 0.2) is 32.5 Å². The molecule has 2 aromatic rings. The summed E-state index contributed by atoms with van der Waals surface area (Å²) in [6.07, 6.45) is 0. The van der Waals surface area contributed by atoms with Gasteiger partial charge >= 0.3 is 0 Å². The van der Waals surface area contributed by atoms with Gasteiger partial charge in [-0.25, -0.2) is 4.39 Å². The molecular weight excluding hydrogens is 411 g/mol. The first-order chi connectivity index (χ1) is 9.55. The van der Waals surface area contributed by atoms with Gasteiger partial charge in [0.1, 0.15) is 11.6 Å². The Morgan fingerprint density at radius 3 is 2.70 bits per heavy atom. The van der Waals surface area contributed by atoms with Crippen LogP contribution in [-0.2, 0) is 0 Å². The van der Waals surface area contributed by atoms with Gasteiger partial charge in [-0.15, -0.1) is 11.3 Å². The van der Waals surface area contributed by atoms with Crippen molar-refractivity contribution in [2.75, 3.05) is 19.0 Å². The first-order valence-corrected chi connectivity index (χ1v) is 8.20. The summed E-state index contributed by atoms with van der Waals surface area (Å²) in [6, 6.07) is 6.38. The quantitative estimate of drug-likeness (QED) is 0.742. The molecule has 2 rings (SSSR count). The molecule has 0 fully saturated rings. The first kappa shape index (κ1) is 15.8. The lowest BCUT2D eigenvalue weighted by Gasteiger charge is -2.17. The Bertz CT molecular complexity index is 587. The third-order valence-corrected chi connectivity index (χ3v) is 6.12. The van der Waals surface area contributed by atoms with Crippen LogP contribution in [0, 0.1) is 5.82 Å². The maximum absolute atomic E-state index is 13.8. The molecule has 0 saturated heterocycles. The van der Waals surface area contributed by atoms with E-state index in [-0.39, 0.29) is 11.9 Å². The van der Waals surface area contributed by atoms with Crippen LogP contribution in [0.4, 0.5) is 10.1 Å². The number of methoxy groups -OCH3 is 1. The van der Waals surface area contributed by atoms with Crippen molar-refractivity contribution in [3.63, 3.8) is 0 Å². The summed E-state index contributed by atoms with van der Waals surface area (Å²) in [6.45, 7) is 0.357. The minimum absolute atomic E-state index is 0.163. The predicted octanol–water partition coefficient (Wildman–Crippen LogP) is 4.53. The van der Waals surface area contributed by atoms with E-state index >= 15 is 0 Å². The maximum Gasteiger partial charge on any atom is 0.146 e. The van der Waals surface area contributed by atoms with Crippen molar-refractivity contribution in [1.82, 2.24) is 0 Å². The Balaban J connectivity index is 2.26. The number of rotatable bonds is 5. The van der Waals surface area contributed by atoms with Crippen molar-refractivity contribution >= 4 is 48.9 Å². The average Bonchev–Trinajstić information content (AvgIpc) is 2.77. The second-order valence-corrected chi connectivity index (χ2v) is 7.30. The minimum Gasteiger partial charge on any atom is -0.497 e. The van der Waals surface area contributed by atoms with Crippen LogP contribution in [0.5, 0.6) is 5.75 Å². The number of nitrogens with two attached hydrogens (primary N) is 1. The van der Waals surface area contributed by atoms with Gasteiger partial charge in [-0.05, 0) is 50.1 Å². The standard InChI is InChI=1S/C13H13Br2FN2OS/c1-19-7-2-3-9(16)10(4-7)18-11(6-17)12-5-8(14)13(15)20-12/h2-5,11,18H,6,17H2,1H3. The third-order valence-electron chi connectivity index (χ3n) is 2.75. The summed E-state index contributed by atoms with van der Waals surface area (Å²) in [5, 5.41) is 3.12. The van der Waals surface area contributed by atoms with E-state index in [1.807, 2.05) is 6.07 Å². The highest BCUT2D eigenvalue weighted by molar-refractivity contribution is 9.13. The Hall–Kier alpha value is -0.630. The van der Waals surface area contributed by atoms with E-state index in [0.29, 0.717) is 18.0 Å². The number of nitrogens with one attached hydrogen (secondary N) is 1. The van der Waals surface area contributed by atoms with E-state index in [1.54, 1.807) is 30.6 Å². The normalized spacial score (nSPS) is 12.2. The number of halogens is 3. The van der Waals surface area contributed by atoms with Crippen LogP contribution in [0.2, 0.25) is 0 Å². The van der Waals surface area contributed by atoms with Crippen LogP contribution in [0.25, 0.3) is 0 Å². The molecule has 1 unspecified atom stereocenters. The van der Waals surface area contributed by atoms with Crippen molar-refractivity contribution in [2.45, 2.75) is 6.04 Å². The summed E-state index contributed by atoms with van der Waals surface area (Å²) in [7, 11) is 1.55. The molecule has 3 nitrogen and oxygen atoms in total. The number of anilines is 1. The van der Waals surface area contributed by atoms with Gasteiger partial charge in [0.25, 0.3) is 0 Å². The second kappa shape index (κ2) is 6.89. The zero-order chi connectivity index (χ0) is 14.7. The van der Waals surface area contributed by atoms with Crippen molar-refractivity contribution < 1.29 is 9.13 Å². The van der Waals surface area contributed by atoms with Gasteiger partial charge in [-0.3, -0.25) is 0 Å². The number of benzene rings is 1. The topological polar surface area (TPSA) is 47.3 Å². The van der Waals surface area contributed by atoms with Crippen LogP contribution in [0.3, 0.4) is 0 Å². The van der Waals surface area contributed by atoms with Crippen molar-refractivity contribution in [3.8, 4) is 5.75 Å². The van der Waals surface area contributed by atoms with E-state index in [9.17, 15) is 4.39 Å². The Morgan fingerprint density at radius 1 is 1.40 bits per heavy atom. The molecule has 0 radical (unpaired) electrons. The maximum atomic E-state index is 13.8. The molecule has 1 heterocycles. The predicted molar refractivity (Wildman–Crippen MR) is 88.1 cm³/mol. The molecular formula is C13H13Br2FN2OS. The SMILES string of the molecule is COc1ccc(F)c(NC(CN)c2cc(Br)c(Br)s2)c1. The van der Waals surface area contributed by atoms with Gasteiger partial charge in [0.15, 0.2) is 0 Å². The van der Waals surface area contributed by atoms with Crippen LogP contribution >= 0.6 is 43.2 Å². The van der Waals surface area contributed by atoms with E-state index in [0.717, 1.165) is 13.1 Å². The van der Waals surface area contributed by atoms with Gasteiger partial charge in [0.2, 0.25) is 0 Å². The fraction of sp³-hybridized carbons (Fsp3) is 0.231. The third kappa shape index (κ3) is 3.52. The second-order valence-electron chi connectivity index (χ2n) is 4.05. The zero-order valence-corrected chi connectivity index (χ0v) is 14.6. The van der Waals surface area contributed by atoms with Gasteiger partial charge in [-0.1, -0.05) is 0 Å². The van der Waals surface area contributed by atoms with Crippen LogP contribution in [0.1, 0.15) is 10.9 Å². The molecule has 0 saturated carbocycles. The molecule has 1 aromatic heterocycles. The highest BCUT2D eigenvalue weighted by atomic mass is 79.9. The molecule has 3 N–H and O–H groups in total. The Kier molecular flexibility index (Phi) is 5.42. The van der Waals surface area contributed by atoms with E-state index < -0.39 is 0 Å². The van der Waals surface area contributed by atoms with Crippen LogP contribution in [-0.4, -0.2) is 13.7 Å². The largest absolute Gasteiger partial charge is 0.497 e. The molecule has 0 aliphatic rings. The highest BCUT2D eigenvalue weighted by Gasteiger charge is 2.16. The van der Waals surface area contributed by atoms with E-state index in [4.69, 9.17) is 10.5 Å². The zero-order valence-electron chi connectivity index (χ0n) is 10.6. The molecule has 1 atom stereocenters. The Labute approximate surface area is 137 Å². The van der Waals surface area contributed by atoms with Gasteiger partial charge < -0.3 is 15.8 Å². The lowest BCUT2D eigenvalue weighted by molar-refractivity contribution is 0.414. The molecule has 0 amide bonds. The smallest absolute Gasteiger partial charge is 0.146 e. The van der Waals surface area contributed by atoms with Gasteiger partial charge in [-0.2, -0.15) is 0 Å². The summed E-state index contributed by atoms with van der Waals surface area (Å²) >= 11 is 8.44. The van der Waals surface area contributed by atoms with Crippen molar-refractivity contribution in [3.05, 3.63) is 43.2 Å². The minimum atomic E-state index is -0.334. The lowest BCUT2D eigenvalue weighted by atomic mass is 10.2. The number of hydrogen-bond donors (Lipinski definition) is 2. The summed E-state index contributed by atoms with van der Waals surface area (Å²) in [4.78, 5) is 1.02. The molecule has 108 valence electrons. The van der Waals surface area contributed by atoms with E-state index in [1.165, 1.54) is 6.07 Å². The number of ether oxygens (including phenoxy) is 1. The fourth-order valence-electron chi connectivity index (χ4n) is 1.71. The first-order valence-electron chi connectivity index (χ1n) is 5.80. The van der Waals surface area contributed by atoms with E-state index in [2.05, 4.69) is 37.2 Å². The number of thiophene rings is 1. The molecule has 1 aromatic carbocycles. The van der Waals surface area contributed by atoms with Crippen molar-refractivity contribution in [1.29, 1.82) is 0 Å². The average molecular weight is 424 g/mol. The highest BCUT2D eigenvalue weighted by Crippen LogP contribution is 2.36. The molecule has 0 bridgehead atoms. The number of hydrogen-bond acceptors (Lipinski definition) is 4. The lowest BCUT2D eigenvalue weighted by Crippen LogP contribution is -2.20. The fourth-order valence-corrected chi connectivity index (χ4v) is 3.86. The van der Waals surface area contributed by atoms with Crippen molar-refractivity contribution in [2.24, 2.45) is 5.73 Å². The molecule has 0 spiro atoms. The van der Waals surface area contributed by atoms with Gasteiger partial charge in [0, 0.05) is 22.0 Å². The molecule has 20 heavy (non-hydrogen) atoms. The van der Waals surface area contributed by atoms with Crippen LogP contribution < -0.4 is 15.8 Å². The molecule has 7 heteroatoms. The summed E-state index contributed by atoms with van der Waals surface area (Å²) in [5.74, 6) is 0.261. The van der Waals surface area contributed by atoms with Gasteiger partial charge in [0.05, 0.1) is 22.6 Å². The molecule has 0 aliphatic heterocycles. The Morgan fingerprint density at radius 2 is 2.15 bits per heavy atom.